The molecule has 0 rings (SSSR count). The number of hydrogen-bond acceptors (Lipinski definition) is 2. The molecule has 0 unspecified atom stereocenters. The van der Waals surface area contributed by atoms with Gasteiger partial charge in [-0.25, -0.2) is 0 Å². The van der Waals surface area contributed by atoms with E-state index in [1.807, 2.05) is 11.5 Å². The Bertz CT molecular complexity index is 118. The minimum absolute atomic E-state index is 0.587. The fraction of sp³-hybridized carbons (Fsp3) is 0.500. The van der Waals surface area contributed by atoms with Crippen LogP contribution in [-0.4, -0.2) is 27.2 Å². The van der Waals surface area contributed by atoms with Crippen molar-refractivity contribution in [2.75, 3.05) is 13.2 Å². The molecular weight excluding hydrogens is 201 g/mol. The third kappa shape index (κ3) is 6.35. The first-order chi connectivity index (χ1) is 5.12. The van der Waals surface area contributed by atoms with Crippen LogP contribution < -0.4 is 0 Å². The molecule has 2 nitrogen and oxygen atoms in total. The predicted molar refractivity (Wildman–Crippen MR) is 49.8 cm³/mol. The van der Waals surface area contributed by atoms with E-state index in [-0.39, 0.29) is 0 Å². The van der Waals surface area contributed by atoms with Crippen LogP contribution in [0.2, 0.25) is 11.5 Å². The van der Waals surface area contributed by atoms with E-state index >= 15 is 0 Å². The van der Waals surface area contributed by atoms with Gasteiger partial charge in [-0.3, -0.25) is 0 Å². The molecule has 0 heterocycles. The monoisotopic (exact) mass is 218 g/mol. The van der Waals surface area contributed by atoms with E-state index in [1.165, 1.54) is 0 Å². The van der Waals surface area contributed by atoms with Crippen molar-refractivity contribution in [2.24, 2.45) is 0 Å². The van der Waals surface area contributed by atoms with Crippen molar-refractivity contribution in [1.82, 2.24) is 0 Å². The van der Waals surface area contributed by atoms with Crippen LogP contribution in [0.1, 0.15) is 0 Å². The summed E-state index contributed by atoms with van der Waals surface area (Å²) in [4.78, 5) is 0. The first-order valence-corrected chi connectivity index (χ1v) is 9.53. The average Bonchev–Trinajstić information content (AvgIpc) is 1.97. The Morgan fingerprint density at radius 1 is 1.09 bits per heavy atom. The van der Waals surface area contributed by atoms with Gasteiger partial charge in [-0.2, -0.15) is 0 Å². The van der Waals surface area contributed by atoms with Gasteiger partial charge >= 0.3 is 71.5 Å². The van der Waals surface area contributed by atoms with Gasteiger partial charge in [0, 0.05) is 0 Å². The zero-order valence-electron chi connectivity index (χ0n) is 7.30. The van der Waals surface area contributed by atoms with E-state index in [4.69, 9.17) is 7.53 Å². The van der Waals surface area contributed by atoms with E-state index in [9.17, 15) is 0 Å². The molecule has 0 saturated heterocycles. The summed E-state index contributed by atoms with van der Waals surface area (Å²) in [5.41, 5.74) is 0. The van der Waals surface area contributed by atoms with Gasteiger partial charge < -0.3 is 0 Å². The summed E-state index contributed by atoms with van der Waals surface area (Å²) < 4.78 is 11.0. The Labute approximate surface area is 71.9 Å². The van der Waals surface area contributed by atoms with E-state index in [0.717, 1.165) is 0 Å². The minimum atomic E-state index is -2.36. The SMILES string of the molecule is C=CC[O][Ge]([CH3])([CH3])[O]CC=C. The third-order valence-electron chi connectivity index (χ3n) is 1.10. The van der Waals surface area contributed by atoms with Crippen LogP contribution in [0, 0.1) is 0 Å². The first-order valence-electron chi connectivity index (χ1n) is 3.62. The van der Waals surface area contributed by atoms with E-state index in [2.05, 4.69) is 13.2 Å². The summed E-state index contributed by atoms with van der Waals surface area (Å²) in [6, 6.07) is 0. The van der Waals surface area contributed by atoms with E-state index < -0.39 is 13.9 Å². The standard InChI is InChI=1S/C8H16GeO2/c1-5-7-10-9(3,4)11-8-6-2/h5-6H,1-2,7-8H2,3-4H3. The molecule has 0 N–H and O–H groups in total. The van der Waals surface area contributed by atoms with Gasteiger partial charge in [-0.15, -0.1) is 0 Å². The Balaban J connectivity index is 3.59. The van der Waals surface area contributed by atoms with Crippen LogP contribution in [0.15, 0.2) is 25.3 Å². The zero-order chi connectivity index (χ0) is 8.74. The fourth-order valence-electron chi connectivity index (χ4n) is 0.561. The van der Waals surface area contributed by atoms with Gasteiger partial charge in [0.25, 0.3) is 0 Å². The third-order valence-corrected chi connectivity index (χ3v) is 4.71. The van der Waals surface area contributed by atoms with Gasteiger partial charge in [0.1, 0.15) is 0 Å². The van der Waals surface area contributed by atoms with Crippen LogP contribution in [-0.2, 0) is 7.53 Å². The second-order valence-electron chi connectivity index (χ2n) is 2.60. The molecule has 64 valence electrons. The second-order valence-corrected chi connectivity index (χ2v) is 9.68. The van der Waals surface area contributed by atoms with E-state index in [0.29, 0.717) is 13.2 Å². The molecule has 0 aromatic heterocycles. The van der Waals surface area contributed by atoms with Crippen molar-refractivity contribution in [3.63, 3.8) is 0 Å². The summed E-state index contributed by atoms with van der Waals surface area (Å²) in [7, 11) is 0. The molecular formula is C8H16GeO2. The van der Waals surface area contributed by atoms with Crippen molar-refractivity contribution in [3.8, 4) is 0 Å². The van der Waals surface area contributed by atoms with Crippen molar-refractivity contribution in [2.45, 2.75) is 11.5 Å². The molecule has 0 saturated carbocycles. The van der Waals surface area contributed by atoms with Crippen molar-refractivity contribution in [1.29, 1.82) is 0 Å². The summed E-state index contributed by atoms with van der Waals surface area (Å²) >= 11 is -2.36. The molecule has 0 spiro atoms. The Kier molecular flexibility index (Phi) is 5.55. The normalized spacial score (nSPS) is 11.1. The summed E-state index contributed by atoms with van der Waals surface area (Å²) in [6.45, 7) is 8.32. The predicted octanol–water partition coefficient (Wildman–Crippen LogP) is 2.09. The molecule has 0 radical (unpaired) electrons. The molecule has 0 aliphatic carbocycles. The van der Waals surface area contributed by atoms with Crippen LogP contribution >= 0.6 is 0 Å². The van der Waals surface area contributed by atoms with Gasteiger partial charge in [0.05, 0.1) is 0 Å². The summed E-state index contributed by atoms with van der Waals surface area (Å²) in [6.07, 6.45) is 3.48. The van der Waals surface area contributed by atoms with Gasteiger partial charge in [0.2, 0.25) is 0 Å². The molecule has 0 aliphatic heterocycles. The zero-order valence-corrected chi connectivity index (χ0v) is 9.40. The van der Waals surface area contributed by atoms with Gasteiger partial charge in [-0.05, 0) is 0 Å². The van der Waals surface area contributed by atoms with E-state index in [1.54, 1.807) is 12.2 Å². The molecule has 0 atom stereocenters. The topological polar surface area (TPSA) is 18.5 Å². The Morgan fingerprint density at radius 3 is 1.73 bits per heavy atom. The van der Waals surface area contributed by atoms with Crippen LogP contribution in [0.5, 0.6) is 0 Å². The van der Waals surface area contributed by atoms with Crippen molar-refractivity contribution < 1.29 is 7.53 Å². The Morgan fingerprint density at radius 2 is 1.45 bits per heavy atom. The maximum absolute atomic E-state index is 5.48. The summed E-state index contributed by atoms with van der Waals surface area (Å²) in [5, 5.41) is 0. The first kappa shape index (κ1) is 10.9. The summed E-state index contributed by atoms with van der Waals surface area (Å²) in [5.74, 6) is 4.10. The molecule has 0 aromatic rings. The molecule has 0 fully saturated rings. The molecule has 0 aromatic carbocycles. The molecule has 3 heteroatoms. The van der Waals surface area contributed by atoms with Gasteiger partial charge in [0.15, 0.2) is 0 Å². The van der Waals surface area contributed by atoms with Gasteiger partial charge in [-0.1, -0.05) is 0 Å². The average molecular weight is 217 g/mol. The maximum atomic E-state index is 5.48. The van der Waals surface area contributed by atoms with Crippen molar-refractivity contribution in [3.05, 3.63) is 25.3 Å². The molecule has 0 amide bonds. The molecule has 0 bridgehead atoms. The molecule has 0 aliphatic rings. The molecule has 11 heavy (non-hydrogen) atoms. The van der Waals surface area contributed by atoms with Crippen LogP contribution in [0.3, 0.4) is 0 Å². The Hall–Kier alpha value is -0.0571. The van der Waals surface area contributed by atoms with Crippen LogP contribution in [0.25, 0.3) is 0 Å². The number of hydrogen-bond donors (Lipinski definition) is 0. The second kappa shape index (κ2) is 5.58. The van der Waals surface area contributed by atoms with Crippen LogP contribution in [0.4, 0.5) is 0 Å². The number of rotatable bonds is 6. The van der Waals surface area contributed by atoms with Crippen molar-refractivity contribution >= 4 is 13.9 Å². The quantitative estimate of drug-likeness (QED) is 0.500. The fourth-order valence-corrected chi connectivity index (χ4v) is 2.91.